The van der Waals surface area contributed by atoms with Gasteiger partial charge in [0.25, 0.3) is 0 Å². The van der Waals surface area contributed by atoms with E-state index in [9.17, 15) is 0 Å². The smallest absolute Gasteiger partial charge is 0.0508 e. The summed E-state index contributed by atoms with van der Waals surface area (Å²) >= 11 is 1.88. The molecule has 0 saturated carbocycles. The minimum atomic E-state index is 0. The molecule has 1 aliphatic heterocycles. The maximum Gasteiger partial charge on any atom is 0.0508 e. The Morgan fingerprint density at radius 2 is 1.68 bits per heavy atom. The van der Waals surface area contributed by atoms with Gasteiger partial charge in [-0.05, 0) is 37.6 Å². The van der Waals surface area contributed by atoms with Crippen LogP contribution in [-0.2, 0) is 0 Å². The normalized spacial score (nSPS) is 14.5. The number of hydrogen-bond acceptors (Lipinski definition) is 3. The highest BCUT2D eigenvalue weighted by molar-refractivity contribution is 8.93. The quantitative estimate of drug-likeness (QED) is 0.849. The number of hydrogen-bond donors (Lipinski definition) is 1. The van der Waals surface area contributed by atoms with Crippen LogP contribution in [0, 0.1) is 13.8 Å². The molecular formula is C18H23BrN2S. The molecule has 1 N–H and O–H groups in total. The van der Waals surface area contributed by atoms with Gasteiger partial charge in [-0.2, -0.15) is 0 Å². The summed E-state index contributed by atoms with van der Waals surface area (Å²) in [6, 6.07) is 15.5. The van der Waals surface area contributed by atoms with Crippen molar-refractivity contribution in [3.05, 3.63) is 53.6 Å². The van der Waals surface area contributed by atoms with E-state index >= 15 is 0 Å². The summed E-state index contributed by atoms with van der Waals surface area (Å²) in [5.74, 6) is 0. The van der Waals surface area contributed by atoms with Crippen LogP contribution in [0.1, 0.15) is 11.1 Å². The van der Waals surface area contributed by atoms with Crippen molar-refractivity contribution >= 4 is 34.4 Å². The fourth-order valence-electron chi connectivity index (χ4n) is 2.74. The van der Waals surface area contributed by atoms with Gasteiger partial charge in [-0.25, -0.2) is 0 Å². The molecule has 22 heavy (non-hydrogen) atoms. The Hall–Kier alpha value is -0.970. The minimum Gasteiger partial charge on any atom is -0.368 e. The first kappa shape index (κ1) is 17.4. The fourth-order valence-corrected chi connectivity index (χ4v) is 3.78. The van der Waals surface area contributed by atoms with E-state index in [1.165, 1.54) is 26.6 Å². The Morgan fingerprint density at radius 3 is 2.41 bits per heavy atom. The summed E-state index contributed by atoms with van der Waals surface area (Å²) in [6.45, 7) is 8.67. The van der Waals surface area contributed by atoms with Crippen LogP contribution in [0.15, 0.2) is 52.3 Å². The highest BCUT2D eigenvalue weighted by Gasteiger charge is 2.14. The maximum absolute atomic E-state index is 3.42. The van der Waals surface area contributed by atoms with Gasteiger partial charge in [-0.3, -0.25) is 0 Å². The van der Waals surface area contributed by atoms with Crippen LogP contribution < -0.4 is 10.2 Å². The van der Waals surface area contributed by atoms with Crippen LogP contribution in [0.4, 0.5) is 5.69 Å². The lowest BCUT2D eigenvalue weighted by Gasteiger charge is -2.31. The maximum atomic E-state index is 3.42. The molecule has 4 heteroatoms. The molecule has 0 bridgehead atoms. The van der Waals surface area contributed by atoms with E-state index in [1.54, 1.807) is 0 Å². The third kappa shape index (κ3) is 4.06. The lowest BCUT2D eigenvalue weighted by atomic mass is 10.2. The van der Waals surface area contributed by atoms with Gasteiger partial charge in [0, 0.05) is 36.0 Å². The largest absolute Gasteiger partial charge is 0.368 e. The monoisotopic (exact) mass is 378 g/mol. The Labute approximate surface area is 148 Å². The molecule has 0 amide bonds. The molecule has 1 saturated heterocycles. The Bertz CT molecular complexity index is 624. The summed E-state index contributed by atoms with van der Waals surface area (Å²) < 4.78 is 0. The first-order valence-corrected chi connectivity index (χ1v) is 8.35. The molecule has 3 rings (SSSR count). The minimum absolute atomic E-state index is 0. The lowest BCUT2D eigenvalue weighted by Crippen LogP contribution is -2.43. The van der Waals surface area contributed by atoms with E-state index in [-0.39, 0.29) is 17.0 Å². The van der Waals surface area contributed by atoms with Gasteiger partial charge < -0.3 is 10.2 Å². The molecule has 0 radical (unpaired) electrons. The van der Waals surface area contributed by atoms with Crippen molar-refractivity contribution in [2.75, 3.05) is 31.1 Å². The number of para-hydroxylation sites is 1. The van der Waals surface area contributed by atoms with Crippen molar-refractivity contribution in [2.24, 2.45) is 0 Å². The van der Waals surface area contributed by atoms with Crippen molar-refractivity contribution in [3.8, 4) is 0 Å². The number of nitrogens with one attached hydrogen (secondary N) is 1. The summed E-state index contributed by atoms with van der Waals surface area (Å²) in [4.78, 5) is 5.19. The Kier molecular flexibility index (Phi) is 6.36. The van der Waals surface area contributed by atoms with Crippen molar-refractivity contribution in [1.82, 2.24) is 5.32 Å². The Morgan fingerprint density at radius 1 is 0.955 bits per heavy atom. The van der Waals surface area contributed by atoms with E-state index in [1.807, 2.05) is 11.8 Å². The molecule has 2 nitrogen and oxygen atoms in total. The molecule has 118 valence electrons. The number of halogens is 1. The van der Waals surface area contributed by atoms with Crippen LogP contribution >= 0.6 is 28.7 Å². The van der Waals surface area contributed by atoms with Crippen LogP contribution in [0.2, 0.25) is 0 Å². The first-order valence-electron chi connectivity index (χ1n) is 7.54. The summed E-state index contributed by atoms with van der Waals surface area (Å²) in [6.07, 6.45) is 0. The first-order chi connectivity index (χ1) is 10.2. The van der Waals surface area contributed by atoms with E-state index in [4.69, 9.17) is 0 Å². The van der Waals surface area contributed by atoms with E-state index in [0.717, 1.165) is 26.2 Å². The zero-order chi connectivity index (χ0) is 14.7. The van der Waals surface area contributed by atoms with Gasteiger partial charge in [0.05, 0.1) is 5.69 Å². The molecule has 0 aliphatic carbocycles. The van der Waals surface area contributed by atoms with Crippen LogP contribution in [0.25, 0.3) is 0 Å². The SMILES string of the molecule is Br.Cc1ccc(Sc2ccccc2N2CCNCC2)c(C)c1. The number of anilines is 1. The van der Waals surface area contributed by atoms with E-state index in [0.29, 0.717) is 0 Å². The molecule has 1 fully saturated rings. The van der Waals surface area contributed by atoms with Gasteiger partial charge in [0.2, 0.25) is 0 Å². The second-order valence-corrected chi connectivity index (χ2v) is 6.66. The topological polar surface area (TPSA) is 15.3 Å². The molecule has 0 atom stereocenters. The second-order valence-electron chi connectivity index (χ2n) is 5.58. The average molecular weight is 379 g/mol. The van der Waals surface area contributed by atoms with E-state index in [2.05, 4.69) is 66.5 Å². The predicted molar refractivity (Wildman–Crippen MR) is 102 cm³/mol. The van der Waals surface area contributed by atoms with Gasteiger partial charge in [0.15, 0.2) is 0 Å². The van der Waals surface area contributed by atoms with Gasteiger partial charge >= 0.3 is 0 Å². The number of piperazine rings is 1. The fraction of sp³-hybridized carbons (Fsp3) is 0.333. The lowest BCUT2D eigenvalue weighted by molar-refractivity contribution is 0.587. The number of aryl methyl sites for hydroxylation is 2. The molecule has 1 aliphatic rings. The van der Waals surface area contributed by atoms with Gasteiger partial charge in [0.1, 0.15) is 0 Å². The zero-order valence-electron chi connectivity index (χ0n) is 13.1. The third-order valence-electron chi connectivity index (χ3n) is 3.87. The van der Waals surface area contributed by atoms with Crippen LogP contribution in [-0.4, -0.2) is 26.2 Å². The van der Waals surface area contributed by atoms with Crippen molar-refractivity contribution < 1.29 is 0 Å². The molecule has 2 aromatic carbocycles. The van der Waals surface area contributed by atoms with E-state index < -0.39 is 0 Å². The van der Waals surface area contributed by atoms with Gasteiger partial charge in [-0.15, -0.1) is 17.0 Å². The highest BCUT2D eigenvalue weighted by atomic mass is 79.9. The molecule has 2 aromatic rings. The molecule has 1 heterocycles. The predicted octanol–water partition coefficient (Wildman–Crippen LogP) is 4.44. The molecule has 0 spiro atoms. The molecule has 0 aromatic heterocycles. The van der Waals surface area contributed by atoms with Crippen molar-refractivity contribution in [3.63, 3.8) is 0 Å². The average Bonchev–Trinajstić information content (AvgIpc) is 2.51. The number of rotatable bonds is 3. The summed E-state index contributed by atoms with van der Waals surface area (Å²) in [5, 5.41) is 3.42. The van der Waals surface area contributed by atoms with Crippen molar-refractivity contribution in [1.29, 1.82) is 0 Å². The molecular weight excluding hydrogens is 356 g/mol. The summed E-state index contributed by atoms with van der Waals surface area (Å²) in [7, 11) is 0. The summed E-state index contributed by atoms with van der Waals surface area (Å²) in [5.41, 5.74) is 4.05. The van der Waals surface area contributed by atoms with Crippen LogP contribution in [0.5, 0.6) is 0 Å². The number of benzene rings is 2. The third-order valence-corrected chi connectivity index (χ3v) is 5.12. The second kappa shape index (κ2) is 8.04. The highest BCUT2D eigenvalue weighted by Crippen LogP contribution is 2.37. The van der Waals surface area contributed by atoms with Crippen LogP contribution in [0.3, 0.4) is 0 Å². The standard InChI is InChI=1S/C18H22N2S.BrH/c1-14-7-8-17(15(2)13-14)21-18-6-4-3-5-16(18)20-11-9-19-10-12-20;/h3-8,13,19H,9-12H2,1-2H3;1H. The Balaban J connectivity index is 0.00000176. The molecule has 0 unspecified atom stereocenters. The van der Waals surface area contributed by atoms with Crippen molar-refractivity contribution in [2.45, 2.75) is 23.6 Å². The van der Waals surface area contributed by atoms with Gasteiger partial charge in [-0.1, -0.05) is 41.6 Å². The zero-order valence-corrected chi connectivity index (χ0v) is 15.7. The number of nitrogens with zero attached hydrogens (tertiary/aromatic N) is 1.